The Bertz CT molecular complexity index is 149. The third kappa shape index (κ3) is 2.86. The summed E-state index contributed by atoms with van der Waals surface area (Å²) < 4.78 is 0. The SMILES string of the molecule is CN1CC[N]C(CC(N)=O)C1. The van der Waals surface area contributed by atoms with Gasteiger partial charge in [0.1, 0.15) is 0 Å². The van der Waals surface area contributed by atoms with Crippen LogP contribution >= 0.6 is 0 Å². The minimum atomic E-state index is -0.256. The van der Waals surface area contributed by atoms with Gasteiger partial charge in [-0.3, -0.25) is 4.79 Å². The number of likely N-dealkylation sites (N-methyl/N-ethyl adjacent to an activating group) is 1. The van der Waals surface area contributed by atoms with Crippen molar-refractivity contribution in [3.05, 3.63) is 0 Å². The highest BCUT2D eigenvalue weighted by atomic mass is 16.1. The lowest BCUT2D eigenvalue weighted by atomic mass is 10.1. The Balaban J connectivity index is 2.28. The molecule has 0 bridgehead atoms. The van der Waals surface area contributed by atoms with E-state index in [1.54, 1.807) is 0 Å². The van der Waals surface area contributed by atoms with Gasteiger partial charge in [-0.1, -0.05) is 0 Å². The number of nitrogens with zero attached hydrogens (tertiary/aromatic N) is 2. The van der Waals surface area contributed by atoms with E-state index in [2.05, 4.69) is 10.2 Å². The highest BCUT2D eigenvalue weighted by Gasteiger charge is 2.18. The zero-order chi connectivity index (χ0) is 8.27. The predicted molar refractivity (Wildman–Crippen MR) is 42.1 cm³/mol. The molecule has 1 rings (SSSR count). The first-order chi connectivity index (χ1) is 5.18. The Hall–Kier alpha value is -0.610. The van der Waals surface area contributed by atoms with Crippen molar-refractivity contribution in [2.75, 3.05) is 26.7 Å². The van der Waals surface area contributed by atoms with Gasteiger partial charge in [-0.2, -0.15) is 0 Å². The first-order valence-electron chi connectivity index (χ1n) is 3.82. The average molecular weight is 156 g/mol. The highest BCUT2D eigenvalue weighted by molar-refractivity contribution is 5.74. The number of carbonyl (C=O) groups excluding carboxylic acids is 1. The van der Waals surface area contributed by atoms with Crippen molar-refractivity contribution in [1.82, 2.24) is 10.2 Å². The summed E-state index contributed by atoms with van der Waals surface area (Å²) in [5.41, 5.74) is 5.05. The van der Waals surface area contributed by atoms with Gasteiger partial charge in [0, 0.05) is 32.1 Å². The number of carbonyl (C=O) groups is 1. The molecule has 0 aromatic heterocycles. The first-order valence-corrected chi connectivity index (χ1v) is 3.82. The van der Waals surface area contributed by atoms with Gasteiger partial charge >= 0.3 is 0 Å². The second-order valence-electron chi connectivity index (χ2n) is 2.99. The number of amides is 1. The molecule has 11 heavy (non-hydrogen) atoms. The van der Waals surface area contributed by atoms with Crippen LogP contribution in [0.1, 0.15) is 6.42 Å². The second kappa shape index (κ2) is 3.69. The topological polar surface area (TPSA) is 60.4 Å². The molecule has 1 aliphatic heterocycles. The van der Waals surface area contributed by atoms with Gasteiger partial charge in [0.25, 0.3) is 0 Å². The quantitative estimate of drug-likeness (QED) is 0.545. The van der Waals surface area contributed by atoms with E-state index < -0.39 is 0 Å². The van der Waals surface area contributed by atoms with Crippen LogP contribution in [0.2, 0.25) is 0 Å². The average Bonchev–Trinajstić information content (AvgIpc) is 1.85. The fourth-order valence-corrected chi connectivity index (χ4v) is 1.28. The van der Waals surface area contributed by atoms with Crippen LogP contribution in [0.3, 0.4) is 0 Å². The van der Waals surface area contributed by atoms with E-state index in [1.165, 1.54) is 0 Å². The normalized spacial score (nSPS) is 26.8. The molecular weight excluding hydrogens is 142 g/mol. The highest BCUT2D eigenvalue weighted by Crippen LogP contribution is 2.00. The molecule has 1 unspecified atom stereocenters. The van der Waals surface area contributed by atoms with Crippen molar-refractivity contribution in [1.29, 1.82) is 0 Å². The molecule has 1 radical (unpaired) electrons. The Kier molecular flexibility index (Phi) is 2.84. The van der Waals surface area contributed by atoms with Gasteiger partial charge in [0.15, 0.2) is 0 Å². The molecule has 63 valence electrons. The maximum absolute atomic E-state index is 10.5. The minimum absolute atomic E-state index is 0.131. The third-order valence-corrected chi connectivity index (χ3v) is 1.83. The predicted octanol–water partition coefficient (Wildman–Crippen LogP) is -1.22. The van der Waals surface area contributed by atoms with E-state index in [0.717, 1.165) is 19.6 Å². The Morgan fingerprint density at radius 3 is 3.09 bits per heavy atom. The molecule has 2 N–H and O–H groups in total. The minimum Gasteiger partial charge on any atom is -0.370 e. The molecule has 0 aromatic carbocycles. The van der Waals surface area contributed by atoms with Crippen LogP contribution < -0.4 is 11.1 Å². The summed E-state index contributed by atoms with van der Waals surface area (Å²) in [5, 5.41) is 4.28. The standard InChI is InChI=1S/C7H14N3O/c1-10-3-2-9-6(5-10)4-7(8)11/h6H,2-5H2,1H3,(H2,8,11). The molecule has 0 aromatic rings. The summed E-state index contributed by atoms with van der Waals surface area (Å²) in [6, 6.07) is 0.131. The number of rotatable bonds is 2. The number of piperazine rings is 1. The fourth-order valence-electron chi connectivity index (χ4n) is 1.28. The number of primary amides is 1. The number of nitrogens with two attached hydrogens (primary N) is 1. The molecule has 0 aliphatic carbocycles. The second-order valence-corrected chi connectivity index (χ2v) is 2.99. The summed E-state index contributed by atoms with van der Waals surface area (Å²) in [5.74, 6) is -0.256. The fraction of sp³-hybridized carbons (Fsp3) is 0.857. The van der Waals surface area contributed by atoms with Crippen LogP contribution in [0.4, 0.5) is 0 Å². The van der Waals surface area contributed by atoms with Crippen molar-refractivity contribution in [2.24, 2.45) is 5.73 Å². The van der Waals surface area contributed by atoms with E-state index in [9.17, 15) is 4.79 Å². The molecule has 1 heterocycles. The van der Waals surface area contributed by atoms with E-state index in [-0.39, 0.29) is 11.9 Å². The lowest BCUT2D eigenvalue weighted by Crippen LogP contribution is -2.46. The van der Waals surface area contributed by atoms with E-state index in [0.29, 0.717) is 6.42 Å². The smallest absolute Gasteiger partial charge is 0.219 e. The van der Waals surface area contributed by atoms with Crippen molar-refractivity contribution in [3.63, 3.8) is 0 Å². The molecule has 1 saturated heterocycles. The van der Waals surface area contributed by atoms with Gasteiger partial charge in [-0.15, -0.1) is 0 Å². The molecule has 4 heteroatoms. The van der Waals surface area contributed by atoms with Crippen LogP contribution in [0.15, 0.2) is 0 Å². The molecule has 1 fully saturated rings. The molecule has 0 saturated carbocycles. The zero-order valence-corrected chi connectivity index (χ0v) is 6.79. The van der Waals surface area contributed by atoms with Gasteiger partial charge in [0.05, 0.1) is 0 Å². The lowest BCUT2D eigenvalue weighted by Gasteiger charge is -2.28. The Morgan fingerprint density at radius 1 is 1.82 bits per heavy atom. The van der Waals surface area contributed by atoms with Crippen LogP contribution in [-0.2, 0) is 4.79 Å². The zero-order valence-electron chi connectivity index (χ0n) is 6.79. The summed E-state index contributed by atoms with van der Waals surface area (Å²) in [4.78, 5) is 12.7. The molecule has 4 nitrogen and oxygen atoms in total. The maximum Gasteiger partial charge on any atom is 0.219 e. The van der Waals surface area contributed by atoms with Crippen LogP contribution in [0, 0.1) is 0 Å². The Labute approximate surface area is 66.7 Å². The molecule has 1 atom stereocenters. The summed E-state index contributed by atoms with van der Waals surface area (Å²) in [6.07, 6.45) is 0.393. The summed E-state index contributed by atoms with van der Waals surface area (Å²) in [6.45, 7) is 2.69. The molecule has 1 amide bonds. The van der Waals surface area contributed by atoms with E-state index in [4.69, 9.17) is 5.73 Å². The van der Waals surface area contributed by atoms with Gasteiger partial charge in [0.2, 0.25) is 5.91 Å². The monoisotopic (exact) mass is 156 g/mol. The molecular formula is C7H14N3O. The van der Waals surface area contributed by atoms with Gasteiger partial charge in [-0.25, -0.2) is 5.32 Å². The van der Waals surface area contributed by atoms with Crippen LogP contribution in [0.25, 0.3) is 0 Å². The molecule has 0 spiro atoms. The summed E-state index contributed by atoms with van der Waals surface area (Å²) in [7, 11) is 2.03. The van der Waals surface area contributed by atoms with Crippen molar-refractivity contribution in [3.8, 4) is 0 Å². The van der Waals surface area contributed by atoms with E-state index >= 15 is 0 Å². The van der Waals surface area contributed by atoms with Crippen molar-refractivity contribution >= 4 is 5.91 Å². The maximum atomic E-state index is 10.5. The van der Waals surface area contributed by atoms with Crippen molar-refractivity contribution in [2.45, 2.75) is 12.5 Å². The van der Waals surface area contributed by atoms with Gasteiger partial charge < -0.3 is 10.6 Å². The Morgan fingerprint density at radius 2 is 2.55 bits per heavy atom. The van der Waals surface area contributed by atoms with Gasteiger partial charge in [-0.05, 0) is 7.05 Å². The first kappa shape index (κ1) is 8.49. The number of hydrogen-bond donors (Lipinski definition) is 1. The van der Waals surface area contributed by atoms with Crippen molar-refractivity contribution < 1.29 is 4.79 Å². The lowest BCUT2D eigenvalue weighted by molar-refractivity contribution is -0.118. The third-order valence-electron chi connectivity index (χ3n) is 1.83. The van der Waals surface area contributed by atoms with E-state index in [1.807, 2.05) is 7.05 Å². The summed E-state index contributed by atoms with van der Waals surface area (Å²) >= 11 is 0. The molecule has 1 aliphatic rings. The largest absolute Gasteiger partial charge is 0.370 e. The number of hydrogen-bond acceptors (Lipinski definition) is 2. The van der Waals surface area contributed by atoms with Crippen LogP contribution in [0.5, 0.6) is 0 Å². The van der Waals surface area contributed by atoms with Crippen LogP contribution in [-0.4, -0.2) is 43.5 Å².